The van der Waals surface area contributed by atoms with Gasteiger partial charge in [0.1, 0.15) is 11.6 Å². The number of piperidine rings is 1. The number of fused-ring (bicyclic) bond motifs is 1. The first-order valence-corrected chi connectivity index (χ1v) is 11.2. The quantitative estimate of drug-likeness (QED) is 0.541. The largest absolute Gasteiger partial charge is 0.456 e. The van der Waals surface area contributed by atoms with E-state index in [9.17, 15) is 24.0 Å². The molecule has 0 radical (unpaired) electrons. The van der Waals surface area contributed by atoms with Crippen molar-refractivity contribution >= 4 is 29.6 Å². The molecule has 1 unspecified atom stereocenters. The lowest BCUT2D eigenvalue weighted by Crippen LogP contribution is -2.54. The molecule has 2 aliphatic heterocycles. The summed E-state index contributed by atoms with van der Waals surface area (Å²) in [6.45, 7) is 5.45. The molecule has 8 nitrogen and oxygen atoms in total. The normalized spacial score (nSPS) is 18.1. The van der Waals surface area contributed by atoms with Crippen LogP contribution in [0.2, 0.25) is 0 Å². The van der Waals surface area contributed by atoms with Crippen LogP contribution >= 0.6 is 0 Å². The van der Waals surface area contributed by atoms with Gasteiger partial charge >= 0.3 is 5.97 Å². The van der Waals surface area contributed by atoms with Gasteiger partial charge in [0.25, 0.3) is 11.8 Å². The van der Waals surface area contributed by atoms with E-state index in [1.807, 2.05) is 32.9 Å². The van der Waals surface area contributed by atoms with Crippen LogP contribution in [0.5, 0.6) is 0 Å². The zero-order chi connectivity index (χ0) is 24.6. The molecule has 0 spiro atoms. The van der Waals surface area contributed by atoms with Gasteiger partial charge in [-0.15, -0.1) is 0 Å². The van der Waals surface area contributed by atoms with Gasteiger partial charge in [0.2, 0.25) is 11.8 Å². The highest BCUT2D eigenvalue weighted by atomic mass is 16.6. The van der Waals surface area contributed by atoms with Gasteiger partial charge in [-0.25, -0.2) is 4.79 Å². The van der Waals surface area contributed by atoms with E-state index in [1.54, 1.807) is 30.3 Å². The molecule has 4 rings (SSSR count). The summed E-state index contributed by atoms with van der Waals surface area (Å²) in [5.74, 6) is -2.43. The lowest BCUT2D eigenvalue weighted by atomic mass is 9.99. The smallest absolute Gasteiger partial charge is 0.338 e. The Kier molecular flexibility index (Phi) is 6.08. The molecule has 4 amide bonds. The molecule has 34 heavy (non-hydrogen) atoms. The molecular formula is C26H26N2O6. The van der Waals surface area contributed by atoms with E-state index in [0.717, 1.165) is 16.0 Å². The number of nitrogens with one attached hydrogen (secondary N) is 1. The maximum atomic E-state index is 13.0. The summed E-state index contributed by atoms with van der Waals surface area (Å²) in [6, 6.07) is 11.3. The van der Waals surface area contributed by atoms with Crippen molar-refractivity contribution in [3.05, 3.63) is 70.3 Å². The third-order valence-corrected chi connectivity index (χ3v) is 5.80. The Morgan fingerprint density at radius 2 is 1.56 bits per heavy atom. The van der Waals surface area contributed by atoms with E-state index >= 15 is 0 Å². The summed E-state index contributed by atoms with van der Waals surface area (Å²) in [4.78, 5) is 62.5. The van der Waals surface area contributed by atoms with E-state index in [4.69, 9.17) is 4.74 Å². The number of benzene rings is 2. The maximum Gasteiger partial charge on any atom is 0.338 e. The number of amides is 4. The molecular weight excluding hydrogens is 436 g/mol. The lowest BCUT2D eigenvalue weighted by Gasteiger charge is -2.27. The first kappa shape index (κ1) is 23.4. The topological polar surface area (TPSA) is 110 Å². The van der Waals surface area contributed by atoms with E-state index in [0.29, 0.717) is 18.4 Å². The van der Waals surface area contributed by atoms with Crippen LogP contribution in [0.4, 0.5) is 0 Å². The second-order valence-electron chi connectivity index (χ2n) is 9.53. The molecule has 0 bridgehead atoms. The van der Waals surface area contributed by atoms with Gasteiger partial charge in [-0.3, -0.25) is 29.4 Å². The second-order valence-corrected chi connectivity index (χ2v) is 9.53. The van der Waals surface area contributed by atoms with Crippen LogP contribution < -0.4 is 5.32 Å². The summed E-state index contributed by atoms with van der Waals surface area (Å²) in [5.41, 5.74) is 2.35. The Hall–Kier alpha value is -3.81. The molecule has 0 saturated carbocycles. The zero-order valence-electron chi connectivity index (χ0n) is 19.3. The standard InChI is InChI=1S/C26H26N2O6/c1-26(2,3)34-25(33)17-9-6-15(7-10-17)4-5-16-8-11-18-19(14-16)24(32)28(23(18)31)20-12-13-21(29)27-22(20)30/h6-11,14,20H,4-5,12-13H2,1-3H3,(H,27,29,30). The summed E-state index contributed by atoms with van der Waals surface area (Å²) < 4.78 is 5.37. The molecule has 8 heteroatoms. The van der Waals surface area contributed by atoms with Crippen LogP contribution in [0.3, 0.4) is 0 Å². The van der Waals surface area contributed by atoms with E-state index in [2.05, 4.69) is 5.32 Å². The first-order chi connectivity index (χ1) is 16.0. The molecule has 1 N–H and O–H groups in total. The summed E-state index contributed by atoms with van der Waals surface area (Å²) >= 11 is 0. The van der Waals surface area contributed by atoms with Crippen molar-refractivity contribution in [3.63, 3.8) is 0 Å². The van der Waals surface area contributed by atoms with Gasteiger partial charge in [0.05, 0.1) is 16.7 Å². The Morgan fingerprint density at radius 1 is 0.941 bits per heavy atom. The predicted octanol–water partition coefficient (Wildman–Crippen LogP) is 2.83. The minimum atomic E-state index is -0.975. The summed E-state index contributed by atoms with van der Waals surface area (Å²) in [7, 11) is 0. The zero-order valence-corrected chi connectivity index (χ0v) is 19.3. The van der Waals surface area contributed by atoms with Crippen molar-refractivity contribution in [3.8, 4) is 0 Å². The number of aryl methyl sites for hydroxylation is 2. The molecule has 2 aromatic rings. The van der Waals surface area contributed by atoms with Crippen molar-refractivity contribution in [1.82, 2.24) is 10.2 Å². The summed E-state index contributed by atoms with van der Waals surface area (Å²) in [5, 5.41) is 2.19. The average molecular weight is 463 g/mol. The Balaban J connectivity index is 1.43. The van der Waals surface area contributed by atoms with Crippen molar-refractivity contribution in [2.45, 2.75) is 58.1 Å². The molecule has 2 heterocycles. The minimum Gasteiger partial charge on any atom is -0.456 e. The minimum absolute atomic E-state index is 0.0851. The molecule has 2 aromatic carbocycles. The second kappa shape index (κ2) is 8.85. The van der Waals surface area contributed by atoms with Crippen LogP contribution in [0.25, 0.3) is 0 Å². The van der Waals surface area contributed by atoms with E-state index < -0.39 is 35.3 Å². The fraction of sp³-hybridized carbons (Fsp3) is 0.346. The highest BCUT2D eigenvalue weighted by Gasteiger charge is 2.44. The van der Waals surface area contributed by atoms with Gasteiger partial charge in [-0.1, -0.05) is 18.2 Å². The number of carbonyl (C=O) groups is 5. The monoisotopic (exact) mass is 462 g/mol. The summed E-state index contributed by atoms with van der Waals surface area (Å²) in [6.07, 6.45) is 1.51. The first-order valence-electron chi connectivity index (χ1n) is 11.2. The van der Waals surface area contributed by atoms with Crippen LogP contribution in [-0.4, -0.2) is 46.1 Å². The van der Waals surface area contributed by atoms with Crippen LogP contribution in [0, 0.1) is 0 Å². The van der Waals surface area contributed by atoms with Crippen LogP contribution in [0.1, 0.15) is 75.8 Å². The van der Waals surface area contributed by atoms with Gasteiger partial charge in [0.15, 0.2) is 0 Å². The van der Waals surface area contributed by atoms with Crippen molar-refractivity contribution in [2.24, 2.45) is 0 Å². The molecule has 0 aromatic heterocycles. The highest BCUT2D eigenvalue weighted by molar-refractivity contribution is 6.23. The predicted molar refractivity (Wildman–Crippen MR) is 122 cm³/mol. The number of ether oxygens (including phenoxy) is 1. The fourth-order valence-corrected chi connectivity index (χ4v) is 4.11. The lowest BCUT2D eigenvalue weighted by molar-refractivity contribution is -0.136. The van der Waals surface area contributed by atoms with Gasteiger partial charge < -0.3 is 4.74 Å². The van der Waals surface area contributed by atoms with E-state index in [1.165, 1.54) is 0 Å². The number of carbonyl (C=O) groups excluding carboxylic acids is 5. The molecule has 2 aliphatic rings. The Labute approximate surface area is 197 Å². The average Bonchev–Trinajstić information content (AvgIpc) is 3.01. The van der Waals surface area contributed by atoms with E-state index in [-0.39, 0.29) is 29.9 Å². The highest BCUT2D eigenvalue weighted by Crippen LogP contribution is 2.28. The third-order valence-electron chi connectivity index (χ3n) is 5.80. The van der Waals surface area contributed by atoms with Crippen molar-refractivity contribution < 1.29 is 28.7 Å². The van der Waals surface area contributed by atoms with Crippen molar-refractivity contribution in [1.29, 1.82) is 0 Å². The number of rotatable bonds is 5. The van der Waals surface area contributed by atoms with Gasteiger partial charge in [-0.05, 0) is 75.4 Å². The molecule has 1 fully saturated rings. The van der Waals surface area contributed by atoms with Gasteiger partial charge in [0, 0.05) is 6.42 Å². The van der Waals surface area contributed by atoms with Gasteiger partial charge in [-0.2, -0.15) is 0 Å². The SMILES string of the molecule is CC(C)(C)OC(=O)c1ccc(CCc2ccc3c(c2)C(=O)N(C2CCC(=O)NC2=O)C3=O)cc1. The van der Waals surface area contributed by atoms with Crippen LogP contribution in [-0.2, 0) is 27.2 Å². The van der Waals surface area contributed by atoms with Crippen LogP contribution in [0.15, 0.2) is 42.5 Å². The Bertz CT molecular complexity index is 1190. The number of imide groups is 2. The fourth-order valence-electron chi connectivity index (χ4n) is 4.11. The number of esters is 1. The maximum absolute atomic E-state index is 13.0. The number of hydrogen-bond donors (Lipinski definition) is 1. The number of hydrogen-bond acceptors (Lipinski definition) is 6. The number of nitrogens with zero attached hydrogens (tertiary/aromatic N) is 1. The van der Waals surface area contributed by atoms with Crippen molar-refractivity contribution in [2.75, 3.05) is 0 Å². The molecule has 0 aliphatic carbocycles. The molecule has 1 atom stereocenters. The molecule has 1 saturated heterocycles. The molecule has 176 valence electrons. The third kappa shape index (κ3) is 4.76. The Morgan fingerprint density at radius 3 is 2.21 bits per heavy atom.